The first-order chi connectivity index (χ1) is 13.5. The van der Waals surface area contributed by atoms with Gasteiger partial charge in [-0.2, -0.15) is 0 Å². The van der Waals surface area contributed by atoms with E-state index in [2.05, 4.69) is 27.9 Å². The largest absolute Gasteiger partial charge is 0.495 e. The number of benzene rings is 1. The number of methoxy groups -OCH3 is 1. The predicted octanol–water partition coefficient (Wildman–Crippen LogP) is 4.69. The summed E-state index contributed by atoms with van der Waals surface area (Å²) in [5.41, 5.74) is 1.72. The number of nitrogens with zero attached hydrogens (tertiary/aromatic N) is 1. The molecule has 0 spiro atoms. The third-order valence-corrected chi connectivity index (χ3v) is 5.37. The van der Waals surface area contributed by atoms with Gasteiger partial charge in [0.05, 0.1) is 12.8 Å². The van der Waals surface area contributed by atoms with Crippen LogP contribution >= 0.6 is 24.0 Å². The average Bonchev–Trinajstić information content (AvgIpc) is 2.70. The maximum Gasteiger partial charge on any atom is 0.221 e. The van der Waals surface area contributed by atoms with Crippen LogP contribution in [-0.4, -0.2) is 32.1 Å². The number of amides is 1. The fourth-order valence-electron chi connectivity index (χ4n) is 3.80. The van der Waals surface area contributed by atoms with E-state index in [-0.39, 0.29) is 29.9 Å². The van der Waals surface area contributed by atoms with Crippen molar-refractivity contribution in [2.24, 2.45) is 10.9 Å². The van der Waals surface area contributed by atoms with Gasteiger partial charge in [0, 0.05) is 26.6 Å². The molecule has 1 aliphatic rings. The van der Waals surface area contributed by atoms with Crippen molar-refractivity contribution in [1.82, 2.24) is 10.6 Å². The van der Waals surface area contributed by atoms with Crippen LogP contribution < -0.4 is 20.7 Å². The molecule has 1 saturated carbocycles. The van der Waals surface area contributed by atoms with Crippen molar-refractivity contribution >= 4 is 41.5 Å². The smallest absolute Gasteiger partial charge is 0.221 e. The summed E-state index contributed by atoms with van der Waals surface area (Å²) < 4.78 is 5.31. The molecule has 1 atom stereocenters. The van der Waals surface area contributed by atoms with Crippen molar-refractivity contribution in [2.45, 2.75) is 71.4 Å². The Morgan fingerprint density at radius 1 is 1.28 bits per heavy atom. The van der Waals surface area contributed by atoms with E-state index in [9.17, 15) is 4.79 Å². The lowest BCUT2D eigenvalue weighted by atomic mass is 9.85. The second kappa shape index (κ2) is 13.7. The third kappa shape index (κ3) is 9.23. The van der Waals surface area contributed by atoms with Crippen molar-refractivity contribution in [2.75, 3.05) is 19.5 Å². The molecule has 7 heteroatoms. The van der Waals surface area contributed by atoms with Gasteiger partial charge in [-0.1, -0.05) is 38.2 Å². The van der Waals surface area contributed by atoms with Crippen LogP contribution in [-0.2, 0) is 11.3 Å². The maximum atomic E-state index is 11.4. The first kappa shape index (κ1) is 25.5. The number of guanidine groups is 1. The molecule has 0 saturated heterocycles. The molecule has 29 heavy (non-hydrogen) atoms. The molecule has 0 radical (unpaired) electrons. The van der Waals surface area contributed by atoms with E-state index < -0.39 is 0 Å². The summed E-state index contributed by atoms with van der Waals surface area (Å²) in [4.78, 5) is 15.7. The van der Waals surface area contributed by atoms with Gasteiger partial charge >= 0.3 is 0 Å². The molecule has 164 valence electrons. The number of anilines is 1. The first-order valence-electron chi connectivity index (χ1n) is 10.4. The van der Waals surface area contributed by atoms with Crippen LogP contribution in [0.2, 0.25) is 0 Å². The summed E-state index contributed by atoms with van der Waals surface area (Å²) in [6.07, 6.45) is 9.47. The maximum absolute atomic E-state index is 11.4. The van der Waals surface area contributed by atoms with E-state index in [1.807, 2.05) is 18.2 Å². The van der Waals surface area contributed by atoms with Crippen molar-refractivity contribution in [1.29, 1.82) is 0 Å². The van der Waals surface area contributed by atoms with E-state index >= 15 is 0 Å². The van der Waals surface area contributed by atoms with E-state index in [1.165, 1.54) is 51.9 Å². The highest BCUT2D eigenvalue weighted by molar-refractivity contribution is 14.0. The SMILES string of the molecule is CN=C(NCc1ccc(OC)c(NC(C)=O)c1)NC(C)CCC1CCCCC1.I. The van der Waals surface area contributed by atoms with Gasteiger partial charge in [0.2, 0.25) is 5.91 Å². The lowest BCUT2D eigenvalue weighted by Crippen LogP contribution is -2.42. The Morgan fingerprint density at radius 2 is 2.00 bits per heavy atom. The molecule has 0 aromatic heterocycles. The number of rotatable bonds is 8. The fourth-order valence-corrected chi connectivity index (χ4v) is 3.80. The van der Waals surface area contributed by atoms with Gasteiger partial charge in [0.1, 0.15) is 5.75 Å². The van der Waals surface area contributed by atoms with E-state index in [0.29, 0.717) is 24.0 Å². The lowest BCUT2D eigenvalue weighted by molar-refractivity contribution is -0.114. The predicted molar refractivity (Wildman–Crippen MR) is 131 cm³/mol. The zero-order valence-electron chi connectivity index (χ0n) is 18.2. The molecule has 1 amide bonds. The summed E-state index contributed by atoms with van der Waals surface area (Å²) in [5.74, 6) is 2.23. The van der Waals surface area contributed by atoms with Crippen molar-refractivity contribution < 1.29 is 9.53 Å². The zero-order valence-corrected chi connectivity index (χ0v) is 20.5. The van der Waals surface area contributed by atoms with Crippen LogP contribution in [0.25, 0.3) is 0 Å². The molecule has 1 aliphatic carbocycles. The molecule has 6 nitrogen and oxygen atoms in total. The Hall–Kier alpha value is -1.51. The molecule has 1 aromatic rings. The number of carbonyl (C=O) groups is 1. The summed E-state index contributed by atoms with van der Waals surface area (Å²) in [7, 11) is 3.39. The van der Waals surface area contributed by atoms with Crippen LogP contribution in [0.15, 0.2) is 23.2 Å². The number of nitrogens with one attached hydrogen (secondary N) is 3. The van der Waals surface area contributed by atoms with Crippen LogP contribution in [0.4, 0.5) is 5.69 Å². The molecule has 0 bridgehead atoms. The highest BCUT2D eigenvalue weighted by Crippen LogP contribution is 2.28. The normalized spacial score (nSPS) is 15.8. The average molecular weight is 516 g/mol. The molecular weight excluding hydrogens is 479 g/mol. The van der Waals surface area contributed by atoms with E-state index in [1.54, 1.807) is 14.2 Å². The Balaban J connectivity index is 0.00000420. The first-order valence-corrected chi connectivity index (χ1v) is 10.4. The molecule has 1 unspecified atom stereocenters. The van der Waals surface area contributed by atoms with Crippen molar-refractivity contribution in [3.8, 4) is 5.75 Å². The molecule has 1 aromatic carbocycles. The Kier molecular flexibility index (Phi) is 12.0. The lowest BCUT2D eigenvalue weighted by Gasteiger charge is -2.24. The van der Waals surface area contributed by atoms with Gasteiger partial charge in [-0.25, -0.2) is 0 Å². The second-order valence-electron chi connectivity index (χ2n) is 7.77. The minimum Gasteiger partial charge on any atom is -0.495 e. The van der Waals surface area contributed by atoms with E-state index in [4.69, 9.17) is 4.74 Å². The van der Waals surface area contributed by atoms with Crippen LogP contribution in [0.5, 0.6) is 5.75 Å². The van der Waals surface area contributed by atoms with Crippen molar-refractivity contribution in [3.63, 3.8) is 0 Å². The highest BCUT2D eigenvalue weighted by Gasteiger charge is 2.15. The third-order valence-electron chi connectivity index (χ3n) is 5.37. The van der Waals surface area contributed by atoms with Gasteiger partial charge in [-0.05, 0) is 43.4 Å². The molecule has 0 heterocycles. The van der Waals surface area contributed by atoms with Gasteiger partial charge in [0.15, 0.2) is 5.96 Å². The Bertz CT molecular complexity index is 660. The number of aliphatic imine (C=N–C) groups is 1. The minimum atomic E-state index is -0.118. The summed E-state index contributed by atoms with van der Waals surface area (Å²) in [6, 6.07) is 6.16. The van der Waals surface area contributed by atoms with Crippen LogP contribution in [0.1, 0.15) is 64.4 Å². The van der Waals surface area contributed by atoms with Crippen molar-refractivity contribution in [3.05, 3.63) is 23.8 Å². The quantitative estimate of drug-likeness (QED) is 0.267. The van der Waals surface area contributed by atoms with Gasteiger partial charge in [-0.3, -0.25) is 9.79 Å². The van der Waals surface area contributed by atoms with Crippen LogP contribution in [0.3, 0.4) is 0 Å². The topological polar surface area (TPSA) is 74.8 Å². The van der Waals surface area contributed by atoms with Gasteiger partial charge < -0.3 is 20.7 Å². The minimum absolute atomic E-state index is 0. The number of halogens is 1. The number of carbonyl (C=O) groups excluding carboxylic acids is 1. The Labute approximate surface area is 192 Å². The number of ether oxygens (including phenoxy) is 1. The standard InChI is InChI=1S/C22H36N4O2.HI/c1-16(10-11-18-8-6-5-7-9-18)25-22(23-3)24-15-19-12-13-21(28-4)20(14-19)26-17(2)27;/h12-14,16,18H,5-11,15H2,1-4H3,(H,26,27)(H2,23,24,25);1H. The summed E-state index contributed by atoms with van der Waals surface area (Å²) in [5, 5.41) is 9.66. The summed E-state index contributed by atoms with van der Waals surface area (Å²) in [6.45, 7) is 4.33. The number of hydrogen-bond acceptors (Lipinski definition) is 3. The zero-order chi connectivity index (χ0) is 20.4. The number of hydrogen-bond donors (Lipinski definition) is 3. The summed E-state index contributed by atoms with van der Waals surface area (Å²) >= 11 is 0. The molecule has 1 fully saturated rings. The van der Waals surface area contributed by atoms with Gasteiger partial charge in [-0.15, -0.1) is 24.0 Å². The van der Waals surface area contributed by atoms with E-state index in [0.717, 1.165) is 17.4 Å². The molecule has 2 rings (SSSR count). The molecular formula is C22H37IN4O2. The monoisotopic (exact) mass is 516 g/mol. The molecule has 0 aliphatic heterocycles. The van der Waals surface area contributed by atoms with Gasteiger partial charge in [0.25, 0.3) is 0 Å². The molecule has 3 N–H and O–H groups in total. The second-order valence-corrected chi connectivity index (χ2v) is 7.77. The van der Waals surface area contributed by atoms with Crippen LogP contribution in [0, 0.1) is 5.92 Å². The highest BCUT2D eigenvalue weighted by atomic mass is 127. The Morgan fingerprint density at radius 3 is 2.62 bits per heavy atom. The fraction of sp³-hybridized carbons (Fsp3) is 0.636.